The van der Waals surface area contributed by atoms with E-state index in [1.54, 1.807) is 29.3 Å². The number of hydrogen-bond donors (Lipinski definition) is 0. The molecule has 0 radical (unpaired) electrons. The van der Waals surface area contributed by atoms with Gasteiger partial charge in [0.25, 0.3) is 0 Å². The van der Waals surface area contributed by atoms with Gasteiger partial charge < -0.3 is 0 Å². The van der Waals surface area contributed by atoms with Crippen LogP contribution in [0.1, 0.15) is 23.6 Å². The van der Waals surface area contributed by atoms with Crippen LogP contribution in [-0.4, -0.2) is 5.71 Å². The lowest BCUT2D eigenvalue weighted by atomic mass is 9.98. The third-order valence-corrected chi connectivity index (χ3v) is 5.51. The van der Waals surface area contributed by atoms with Crippen LogP contribution in [0, 0.1) is 5.82 Å². The highest BCUT2D eigenvalue weighted by atomic mass is 35.5. The maximum absolute atomic E-state index is 14.5. The zero-order valence-corrected chi connectivity index (χ0v) is 16.3. The van der Waals surface area contributed by atoms with Crippen molar-refractivity contribution in [3.05, 3.63) is 98.7 Å². The van der Waals surface area contributed by atoms with Crippen molar-refractivity contribution in [2.45, 2.75) is 12.5 Å². The van der Waals surface area contributed by atoms with Crippen molar-refractivity contribution in [2.75, 3.05) is 5.01 Å². The highest BCUT2D eigenvalue weighted by Gasteiger charge is 2.31. The number of anilines is 1. The van der Waals surface area contributed by atoms with Gasteiger partial charge in [-0.3, -0.25) is 5.01 Å². The smallest absolute Gasteiger partial charge is 0.128 e. The molecule has 4 rings (SSSR count). The summed E-state index contributed by atoms with van der Waals surface area (Å²) in [5.74, 6) is -0.264. The van der Waals surface area contributed by atoms with Gasteiger partial charge in [0.15, 0.2) is 0 Å². The third-order valence-electron chi connectivity index (χ3n) is 4.52. The molecule has 6 heteroatoms. The van der Waals surface area contributed by atoms with Gasteiger partial charge in [-0.2, -0.15) is 5.10 Å². The number of halogens is 4. The quantitative estimate of drug-likeness (QED) is 0.440. The molecule has 1 aliphatic heterocycles. The van der Waals surface area contributed by atoms with Gasteiger partial charge in [-0.1, -0.05) is 65.1 Å². The maximum Gasteiger partial charge on any atom is 0.128 e. The first-order valence-electron chi connectivity index (χ1n) is 8.35. The number of benzene rings is 3. The van der Waals surface area contributed by atoms with E-state index in [1.165, 1.54) is 6.07 Å². The number of hydrogen-bond acceptors (Lipinski definition) is 2. The summed E-state index contributed by atoms with van der Waals surface area (Å²) in [5.41, 5.74) is 3.13. The first-order valence-corrected chi connectivity index (χ1v) is 9.48. The van der Waals surface area contributed by atoms with E-state index in [2.05, 4.69) is 0 Å². The highest BCUT2D eigenvalue weighted by Crippen LogP contribution is 2.39. The Kier molecular flexibility index (Phi) is 5.09. The van der Waals surface area contributed by atoms with Crippen LogP contribution in [0.25, 0.3) is 0 Å². The van der Waals surface area contributed by atoms with Gasteiger partial charge in [0.2, 0.25) is 0 Å². The van der Waals surface area contributed by atoms with Crippen LogP contribution in [0.5, 0.6) is 0 Å². The van der Waals surface area contributed by atoms with Crippen LogP contribution < -0.4 is 5.01 Å². The second-order valence-electron chi connectivity index (χ2n) is 6.24. The van der Waals surface area contributed by atoms with Gasteiger partial charge in [0.05, 0.1) is 27.5 Å². The largest absolute Gasteiger partial charge is 0.257 e. The van der Waals surface area contributed by atoms with Crippen LogP contribution >= 0.6 is 34.8 Å². The molecule has 27 heavy (non-hydrogen) atoms. The summed E-state index contributed by atoms with van der Waals surface area (Å²) in [6.45, 7) is 0. The van der Waals surface area contributed by atoms with Gasteiger partial charge in [-0.25, -0.2) is 4.39 Å². The van der Waals surface area contributed by atoms with E-state index < -0.39 is 0 Å². The molecule has 1 unspecified atom stereocenters. The second-order valence-corrected chi connectivity index (χ2v) is 7.49. The molecule has 1 atom stereocenters. The second kappa shape index (κ2) is 7.51. The zero-order chi connectivity index (χ0) is 19.0. The summed E-state index contributed by atoms with van der Waals surface area (Å²) < 4.78 is 14.5. The molecule has 3 aromatic carbocycles. The van der Waals surface area contributed by atoms with Gasteiger partial charge >= 0.3 is 0 Å². The average Bonchev–Trinajstić information content (AvgIpc) is 3.10. The molecular weight excluding hydrogens is 406 g/mol. The van der Waals surface area contributed by atoms with Gasteiger partial charge in [0, 0.05) is 17.0 Å². The first-order chi connectivity index (χ1) is 13.0. The van der Waals surface area contributed by atoms with E-state index in [1.807, 2.05) is 36.4 Å². The molecule has 0 bridgehead atoms. The fraction of sp³-hybridized carbons (Fsp3) is 0.0952. The van der Waals surface area contributed by atoms with E-state index in [-0.39, 0.29) is 11.9 Å². The van der Waals surface area contributed by atoms with Crippen LogP contribution in [-0.2, 0) is 0 Å². The van der Waals surface area contributed by atoms with Crippen LogP contribution in [0.15, 0.2) is 71.8 Å². The van der Waals surface area contributed by atoms with Crippen LogP contribution in [0.4, 0.5) is 10.1 Å². The lowest BCUT2D eigenvalue weighted by molar-refractivity contribution is 0.579. The Morgan fingerprint density at radius 1 is 0.889 bits per heavy atom. The Bertz CT molecular complexity index is 1020. The predicted octanol–water partition coefficient (Wildman–Crippen LogP) is 7.14. The molecule has 0 aromatic heterocycles. The monoisotopic (exact) mass is 418 g/mol. The minimum Gasteiger partial charge on any atom is -0.257 e. The highest BCUT2D eigenvalue weighted by molar-refractivity contribution is 6.42. The molecular formula is C21H14Cl3FN2. The number of hydrazone groups is 1. The Morgan fingerprint density at radius 3 is 2.33 bits per heavy atom. The summed E-state index contributed by atoms with van der Waals surface area (Å²) in [6.07, 6.45) is 0.558. The van der Waals surface area contributed by atoms with E-state index >= 15 is 0 Å². The normalized spacial score (nSPS) is 16.5. The SMILES string of the molecule is Fc1ccccc1C1CC(c2ccc(Cl)cc2)=NN1c1ccc(Cl)c(Cl)c1. The average molecular weight is 420 g/mol. The topological polar surface area (TPSA) is 15.6 Å². The molecule has 0 aliphatic carbocycles. The van der Waals surface area contributed by atoms with Crippen LogP contribution in [0.3, 0.4) is 0 Å². The molecule has 1 heterocycles. The Hall–Kier alpha value is -2.07. The molecule has 0 N–H and O–H groups in total. The van der Waals surface area contributed by atoms with Crippen molar-refractivity contribution in [1.29, 1.82) is 0 Å². The van der Waals surface area contributed by atoms with Crippen LogP contribution in [0.2, 0.25) is 15.1 Å². The summed E-state index contributed by atoms with van der Waals surface area (Å²) in [7, 11) is 0. The van der Waals surface area contributed by atoms with Crippen molar-refractivity contribution >= 4 is 46.2 Å². The standard InChI is InChI=1S/C21H14Cl3FN2/c22-14-7-5-13(6-8-14)20-12-21(16-3-1-2-4-19(16)25)27(26-20)15-9-10-17(23)18(24)11-15/h1-11,21H,12H2. The molecule has 1 aliphatic rings. The molecule has 2 nitrogen and oxygen atoms in total. The lowest BCUT2D eigenvalue weighted by Gasteiger charge is -2.24. The predicted molar refractivity (Wildman–Crippen MR) is 111 cm³/mol. The molecule has 136 valence electrons. The van der Waals surface area contributed by atoms with E-state index in [0.29, 0.717) is 27.1 Å². The fourth-order valence-corrected chi connectivity index (χ4v) is 3.60. The molecule has 0 fully saturated rings. The summed E-state index contributed by atoms with van der Waals surface area (Å²) in [4.78, 5) is 0. The Labute approximate surface area is 171 Å². The van der Waals surface area contributed by atoms with Crippen molar-refractivity contribution in [2.24, 2.45) is 5.10 Å². The lowest BCUT2D eigenvalue weighted by Crippen LogP contribution is -2.19. The minimum absolute atomic E-state index is 0.264. The Morgan fingerprint density at radius 2 is 1.63 bits per heavy atom. The van der Waals surface area contributed by atoms with Crippen molar-refractivity contribution < 1.29 is 4.39 Å². The van der Waals surface area contributed by atoms with Gasteiger partial charge in [-0.15, -0.1) is 0 Å². The summed E-state index contributed by atoms with van der Waals surface area (Å²) in [6, 6.07) is 19.2. The van der Waals surface area contributed by atoms with E-state index in [0.717, 1.165) is 17.0 Å². The Balaban J connectivity index is 1.79. The minimum atomic E-state index is -0.283. The molecule has 0 amide bonds. The summed E-state index contributed by atoms with van der Waals surface area (Å²) in [5, 5.41) is 8.11. The fourth-order valence-electron chi connectivity index (χ4n) is 3.18. The molecule has 0 spiro atoms. The van der Waals surface area contributed by atoms with Gasteiger partial charge in [0.1, 0.15) is 5.82 Å². The number of rotatable bonds is 3. The third kappa shape index (κ3) is 3.68. The van der Waals surface area contributed by atoms with E-state index in [9.17, 15) is 4.39 Å². The molecule has 3 aromatic rings. The van der Waals surface area contributed by atoms with Crippen molar-refractivity contribution in [3.8, 4) is 0 Å². The maximum atomic E-state index is 14.5. The number of nitrogens with zero attached hydrogens (tertiary/aromatic N) is 2. The van der Waals surface area contributed by atoms with Crippen molar-refractivity contribution in [1.82, 2.24) is 0 Å². The van der Waals surface area contributed by atoms with Crippen molar-refractivity contribution in [3.63, 3.8) is 0 Å². The molecule has 0 saturated carbocycles. The zero-order valence-electron chi connectivity index (χ0n) is 14.0. The van der Waals surface area contributed by atoms with Gasteiger partial charge in [-0.05, 0) is 42.0 Å². The summed E-state index contributed by atoms with van der Waals surface area (Å²) >= 11 is 18.2. The van der Waals surface area contributed by atoms with E-state index in [4.69, 9.17) is 39.9 Å². The molecule has 0 saturated heterocycles. The first kappa shape index (κ1) is 18.3.